The first-order valence-corrected chi connectivity index (χ1v) is 17.0. The van der Waals surface area contributed by atoms with Gasteiger partial charge in [0.15, 0.2) is 0 Å². The number of carbonyl (C=O) groups is 2. The molecule has 0 bridgehead atoms. The van der Waals surface area contributed by atoms with E-state index >= 15 is 0 Å². The molecule has 0 aliphatic carbocycles. The molecule has 9 nitrogen and oxygen atoms in total. The van der Waals surface area contributed by atoms with E-state index in [9.17, 15) is 29.3 Å². The van der Waals surface area contributed by atoms with Crippen LogP contribution in [0.3, 0.4) is 0 Å². The predicted molar refractivity (Wildman–Crippen MR) is 202 cm³/mol. The average molecular weight is 739 g/mol. The van der Waals surface area contributed by atoms with E-state index in [4.69, 9.17) is 9.47 Å². The molecule has 1 amide bonds. The summed E-state index contributed by atoms with van der Waals surface area (Å²) in [6.07, 6.45) is -2.75. The summed E-state index contributed by atoms with van der Waals surface area (Å²) in [7, 11) is 3.06. The van der Waals surface area contributed by atoms with Crippen molar-refractivity contribution in [2.24, 2.45) is 5.92 Å². The van der Waals surface area contributed by atoms with Crippen LogP contribution in [0.15, 0.2) is 109 Å². The van der Waals surface area contributed by atoms with Gasteiger partial charge in [-0.3, -0.25) is 14.5 Å². The van der Waals surface area contributed by atoms with Crippen molar-refractivity contribution >= 4 is 60.9 Å². The van der Waals surface area contributed by atoms with Gasteiger partial charge >= 0.3 is 43.7 Å². The van der Waals surface area contributed by atoms with Crippen LogP contribution in [0, 0.1) is 11.7 Å². The Morgan fingerprint density at radius 2 is 1.50 bits per heavy atom. The number of nitrogens with zero attached hydrogens (tertiary/aromatic N) is 1. The van der Waals surface area contributed by atoms with Gasteiger partial charge in [-0.05, 0) is 65.3 Å². The number of nitrogens with one attached hydrogen (secondary N) is 1. The van der Waals surface area contributed by atoms with E-state index < -0.39 is 42.0 Å². The maximum absolute atomic E-state index is 15.0. The number of halogens is 1. The molecule has 0 saturated carbocycles. The number of carboxylic acids is 1. The van der Waals surface area contributed by atoms with E-state index in [-0.39, 0.29) is 71.8 Å². The molecule has 0 aromatic heterocycles. The number of anilines is 1. The molecule has 272 valence electrons. The number of amides is 1. The first-order chi connectivity index (χ1) is 24.5. The number of ether oxygens (including phenoxy) is 2. The zero-order chi connectivity index (χ0) is 36.7. The van der Waals surface area contributed by atoms with Crippen molar-refractivity contribution in [3.63, 3.8) is 0 Å². The number of aliphatic hydroxyl groups excluding tert-OH is 2. The molecule has 4 N–H and O–H groups in total. The number of aliphatic carboxylic acids is 1. The van der Waals surface area contributed by atoms with E-state index in [0.717, 1.165) is 11.1 Å². The second-order valence-corrected chi connectivity index (χ2v) is 13.1. The molecule has 4 aromatic carbocycles. The van der Waals surface area contributed by atoms with E-state index in [1.807, 2.05) is 74.5 Å². The van der Waals surface area contributed by atoms with Gasteiger partial charge in [0.2, 0.25) is 0 Å². The molecule has 4 unspecified atom stereocenters. The Morgan fingerprint density at radius 3 is 2.08 bits per heavy atom. The van der Waals surface area contributed by atoms with Crippen LogP contribution in [-0.4, -0.2) is 109 Å². The minimum atomic E-state index is -1.23. The Hall–Kier alpha value is -3.77. The van der Waals surface area contributed by atoms with E-state index in [0.29, 0.717) is 33.9 Å². The third-order valence-electron chi connectivity index (χ3n) is 9.40. The minimum Gasteiger partial charge on any atom is -1.00 e. The Balaban J connectivity index is 0.00000336. The summed E-state index contributed by atoms with van der Waals surface area (Å²) in [6.45, 7) is 4.29. The van der Waals surface area contributed by atoms with Crippen LogP contribution in [0.5, 0.6) is 11.5 Å². The molecule has 52 heavy (non-hydrogen) atoms. The molecular weight excluding hydrogens is 692 g/mol. The molecule has 0 fully saturated rings. The monoisotopic (exact) mass is 738 g/mol. The fourth-order valence-corrected chi connectivity index (χ4v) is 7.32. The Bertz CT molecular complexity index is 1850. The van der Waals surface area contributed by atoms with Crippen LogP contribution in [0.2, 0.25) is 0 Å². The van der Waals surface area contributed by atoms with Crippen LogP contribution >= 0.6 is 0 Å². The quantitative estimate of drug-likeness (QED) is 0.104. The molecule has 0 saturated heterocycles. The summed E-state index contributed by atoms with van der Waals surface area (Å²) < 4.78 is 25.7. The summed E-state index contributed by atoms with van der Waals surface area (Å²) in [5.74, 6) is -1.11. The van der Waals surface area contributed by atoms with Gasteiger partial charge in [-0.15, -0.1) is 0 Å². The normalized spacial score (nSPS) is 18.4. The van der Waals surface area contributed by atoms with Crippen molar-refractivity contribution in [2.45, 2.75) is 56.9 Å². The summed E-state index contributed by atoms with van der Waals surface area (Å²) in [5.41, 5.74) is 2.78. The number of carboxylic acid groups (broad SMARTS) is 1. The van der Waals surface area contributed by atoms with E-state index in [2.05, 4.69) is 10.2 Å². The van der Waals surface area contributed by atoms with Crippen molar-refractivity contribution < 1.29 is 41.6 Å². The van der Waals surface area contributed by atoms with Crippen LogP contribution in [0.1, 0.15) is 52.7 Å². The molecule has 11 heteroatoms. The zero-order valence-electron chi connectivity index (χ0n) is 32.0. The molecule has 0 radical (unpaired) electrons. The molecule has 1 heterocycles. The van der Waals surface area contributed by atoms with Crippen LogP contribution in [0.4, 0.5) is 10.1 Å². The SMILES string of the molecule is COc1ccc(NC(=O)C2=C(c3ccccc3)C(c3ccccc3)(c3ccc(F)cc3)N(CCC(O)CC(O)CC(=O)O)C2C(C)C)c(OC)c1.[Ca+2].[H-].[H-]. The minimum absolute atomic E-state index is 0. The van der Waals surface area contributed by atoms with E-state index in [1.165, 1.54) is 19.2 Å². The van der Waals surface area contributed by atoms with Gasteiger partial charge < -0.3 is 33.0 Å². The first kappa shape index (κ1) is 41.0. The third kappa shape index (κ3) is 8.71. The fraction of sp³-hybridized carbons (Fsp3) is 0.317. The van der Waals surface area contributed by atoms with Crippen LogP contribution < -0.4 is 14.8 Å². The Kier molecular flexibility index (Phi) is 14.4. The summed E-state index contributed by atoms with van der Waals surface area (Å²) in [6, 6.07) is 30.2. The zero-order valence-corrected chi connectivity index (χ0v) is 32.2. The fourth-order valence-electron chi connectivity index (χ4n) is 7.32. The largest absolute Gasteiger partial charge is 2.00 e. The smallest absolute Gasteiger partial charge is 1.00 e. The molecule has 4 atom stereocenters. The Labute approximate surface area is 337 Å². The molecule has 5 rings (SSSR count). The summed E-state index contributed by atoms with van der Waals surface area (Å²) in [4.78, 5) is 28.4. The van der Waals surface area contributed by atoms with Gasteiger partial charge in [0.05, 0.1) is 44.1 Å². The van der Waals surface area contributed by atoms with Crippen molar-refractivity contribution in [2.75, 3.05) is 26.1 Å². The maximum atomic E-state index is 15.0. The van der Waals surface area contributed by atoms with Crippen LogP contribution in [0.25, 0.3) is 5.57 Å². The third-order valence-corrected chi connectivity index (χ3v) is 9.40. The topological polar surface area (TPSA) is 129 Å². The van der Waals surface area contributed by atoms with Gasteiger partial charge in [0, 0.05) is 24.2 Å². The van der Waals surface area contributed by atoms with Gasteiger partial charge in [0.25, 0.3) is 5.91 Å². The number of carbonyl (C=O) groups excluding carboxylic acids is 1. The second kappa shape index (κ2) is 18.3. The molecule has 4 aromatic rings. The number of methoxy groups -OCH3 is 2. The van der Waals surface area contributed by atoms with Crippen LogP contribution in [-0.2, 0) is 15.1 Å². The van der Waals surface area contributed by atoms with Crippen molar-refractivity contribution in [1.82, 2.24) is 4.90 Å². The van der Waals surface area contributed by atoms with Gasteiger partial charge in [-0.2, -0.15) is 0 Å². The van der Waals surface area contributed by atoms with Crippen molar-refractivity contribution in [3.8, 4) is 11.5 Å². The van der Waals surface area contributed by atoms with Crippen molar-refractivity contribution in [3.05, 3.63) is 131 Å². The van der Waals surface area contributed by atoms with Crippen molar-refractivity contribution in [1.29, 1.82) is 0 Å². The molecule has 1 aliphatic rings. The standard InChI is InChI=1S/C41H45FN2O7.Ca.2H/c1-26(2)39-37(40(49)43-34-20-19-33(50-3)25-35(34)51-4)38(27-11-7-5-8-12-27)41(28-13-9-6-10-14-28,29-15-17-30(42)18-16-29)44(39)22-21-31(45)23-32(46)24-36(47)48;;;/h5-20,25-26,31-32,39,45-46H,21-24H2,1-4H3,(H,43,49)(H,47,48);;;/q;+2;2*-1. The second-order valence-electron chi connectivity index (χ2n) is 13.1. The predicted octanol–water partition coefficient (Wildman–Crippen LogP) is 6.34. The molecule has 1 aliphatic heterocycles. The summed E-state index contributed by atoms with van der Waals surface area (Å²) in [5, 5.41) is 33.8. The maximum Gasteiger partial charge on any atom is 2.00 e. The number of hydrogen-bond donors (Lipinski definition) is 4. The van der Waals surface area contributed by atoms with Gasteiger partial charge in [-0.25, -0.2) is 4.39 Å². The number of benzene rings is 4. The summed E-state index contributed by atoms with van der Waals surface area (Å²) >= 11 is 0. The molecular formula is C41H47CaFN2O7. The number of rotatable bonds is 15. The first-order valence-electron chi connectivity index (χ1n) is 17.0. The average Bonchev–Trinajstić information content (AvgIpc) is 3.43. The van der Waals surface area contributed by atoms with Gasteiger partial charge in [0.1, 0.15) is 17.3 Å². The number of hydrogen-bond acceptors (Lipinski definition) is 7. The van der Waals surface area contributed by atoms with E-state index in [1.54, 1.807) is 37.4 Å². The van der Waals surface area contributed by atoms with Gasteiger partial charge in [-0.1, -0.05) is 86.6 Å². The Morgan fingerprint density at radius 1 is 0.885 bits per heavy atom. The molecule has 0 spiro atoms. The number of aliphatic hydroxyl groups is 2.